The van der Waals surface area contributed by atoms with E-state index in [1.165, 1.54) is 0 Å². The Hall–Kier alpha value is -1.62. The van der Waals surface area contributed by atoms with Crippen LogP contribution in [-0.2, 0) is 4.79 Å². The fraction of sp³-hybridized carbons (Fsp3) is 0.611. The Morgan fingerprint density at radius 1 is 1.13 bits per heavy atom. The van der Waals surface area contributed by atoms with Gasteiger partial charge >= 0.3 is 5.97 Å². The van der Waals surface area contributed by atoms with Crippen molar-refractivity contribution >= 4 is 11.7 Å². The second-order valence-corrected chi connectivity index (χ2v) is 6.82. The number of hydrogen-bond acceptors (Lipinski definition) is 3. The number of likely N-dealkylation sites (tertiary alicyclic amines) is 1. The van der Waals surface area contributed by atoms with Crippen LogP contribution in [0.25, 0.3) is 0 Å². The van der Waals surface area contributed by atoms with Crippen LogP contribution in [0.3, 0.4) is 0 Å². The standard InChI is InChI=1S/C18H25FN2O2/c1-13-2-3-17(16(19)12-13)21-10-6-15(7-11-21)20-8-4-14(5-9-20)18(22)23/h2-3,12,14-15H,4-11H2,1H3,(H,22,23). The third-order valence-electron chi connectivity index (χ3n) is 5.30. The molecule has 2 saturated heterocycles. The van der Waals surface area contributed by atoms with Crippen LogP contribution < -0.4 is 4.90 Å². The van der Waals surface area contributed by atoms with E-state index in [0.29, 0.717) is 11.7 Å². The molecule has 2 fully saturated rings. The molecule has 126 valence electrons. The molecule has 0 aliphatic carbocycles. The monoisotopic (exact) mass is 320 g/mol. The first kappa shape index (κ1) is 16.2. The molecule has 3 rings (SSSR count). The molecule has 0 amide bonds. The molecule has 1 aromatic carbocycles. The first-order chi connectivity index (χ1) is 11.0. The van der Waals surface area contributed by atoms with Crippen LogP contribution in [0.5, 0.6) is 0 Å². The summed E-state index contributed by atoms with van der Waals surface area (Å²) in [6, 6.07) is 5.94. The highest BCUT2D eigenvalue weighted by Gasteiger charge is 2.30. The third-order valence-corrected chi connectivity index (χ3v) is 5.30. The minimum atomic E-state index is -0.658. The molecular formula is C18H25FN2O2. The van der Waals surface area contributed by atoms with Crippen molar-refractivity contribution in [2.24, 2.45) is 5.92 Å². The van der Waals surface area contributed by atoms with Crippen LogP contribution in [-0.4, -0.2) is 48.2 Å². The molecule has 0 unspecified atom stereocenters. The molecule has 0 spiro atoms. The van der Waals surface area contributed by atoms with Crippen LogP contribution in [0.2, 0.25) is 0 Å². The summed E-state index contributed by atoms with van der Waals surface area (Å²) >= 11 is 0. The van der Waals surface area contributed by atoms with Gasteiger partial charge in [-0.15, -0.1) is 0 Å². The normalized spacial score (nSPS) is 21.6. The van der Waals surface area contributed by atoms with Gasteiger partial charge in [-0.3, -0.25) is 4.79 Å². The quantitative estimate of drug-likeness (QED) is 0.930. The van der Waals surface area contributed by atoms with Gasteiger partial charge in [-0.05, 0) is 63.4 Å². The van der Waals surface area contributed by atoms with Crippen molar-refractivity contribution in [1.82, 2.24) is 4.90 Å². The predicted octanol–water partition coefficient (Wildman–Crippen LogP) is 2.90. The number of carboxylic acids is 1. The molecule has 0 bridgehead atoms. The van der Waals surface area contributed by atoms with E-state index in [-0.39, 0.29) is 11.7 Å². The molecular weight excluding hydrogens is 295 g/mol. The number of nitrogens with zero attached hydrogens (tertiary/aromatic N) is 2. The Balaban J connectivity index is 1.54. The number of aliphatic carboxylic acids is 1. The Labute approximate surface area is 136 Å². The molecule has 5 heteroatoms. The highest BCUT2D eigenvalue weighted by atomic mass is 19.1. The first-order valence-corrected chi connectivity index (χ1v) is 8.52. The van der Waals surface area contributed by atoms with Crippen molar-refractivity contribution in [3.63, 3.8) is 0 Å². The van der Waals surface area contributed by atoms with Gasteiger partial charge in [-0.25, -0.2) is 4.39 Å². The summed E-state index contributed by atoms with van der Waals surface area (Å²) in [5.74, 6) is -0.965. The Morgan fingerprint density at radius 2 is 1.78 bits per heavy atom. The van der Waals surface area contributed by atoms with E-state index in [9.17, 15) is 9.18 Å². The van der Waals surface area contributed by atoms with Crippen LogP contribution in [0, 0.1) is 18.7 Å². The van der Waals surface area contributed by atoms with Gasteiger partial charge in [-0.1, -0.05) is 6.07 Å². The van der Waals surface area contributed by atoms with E-state index in [1.54, 1.807) is 6.07 Å². The minimum Gasteiger partial charge on any atom is -0.481 e. The number of benzene rings is 1. The van der Waals surface area contributed by atoms with Crippen molar-refractivity contribution in [2.45, 2.75) is 38.6 Å². The van der Waals surface area contributed by atoms with Crippen molar-refractivity contribution in [2.75, 3.05) is 31.1 Å². The van der Waals surface area contributed by atoms with Crippen LogP contribution in [0.1, 0.15) is 31.2 Å². The summed E-state index contributed by atoms with van der Waals surface area (Å²) in [5, 5.41) is 9.08. The molecule has 23 heavy (non-hydrogen) atoms. The van der Waals surface area contributed by atoms with Gasteiger partial charge in [0.15, 0.2) is 0 Å². The number of aryl methyl sites for hydroxylation is 1. The number of carboxylic acid groups (broad SMARTS) is 1. The smallest absolute Gasteiger partial charge is 0.306 e. The van der Waals surface area contributed by atoms with E-state index < -0.39 is 5.97 Å². The third kappa shape index (κ3) is 3.66. The number of hydrogen-bond donors (Lipinski definition) is 1. The second kappa shape index (κ2) is 6.87. The van der Waals surface area contributed by atoms with Gasteiger partial charge in [0.25, 0.3) is 0 Å². The highest BCUT2D eigenvalue weighted by Crippen LogP contribution is 2.28. The minimum absolute atomic E-state index is 0.134. The van der Waals surface area contributed by atoms with Crippen LogP contribution in [0.15, 0.2) is 18.2 Å². The zero-order chi connectivity index (χ0) is 16.4. The van der Waals surface area contributed by atoms with Crippen LogP contribution in [0.4, 0.5) is 10.1 Å². The molecule has 2 aliphatic rings. The molecule has 1 aromatic rings. The van der Waals surface area contributed by atoms with E-state index in [0.717, 1.165) is 57.4 Å². The molecule has 4 nitrogen and oxygen atoms in total. The Bertz CT molecular complexity index is 562. The number of anilines is 1. The number of piperidine rings is 2. The fourth-order valence-corrected chi connectivity index (χ4v) is 3.85. The summed E-state index contributed by atoms with van der Waals surface area (Å²) in [4.78, 5) is 15.6. The fourth-order valence-electron chi connectivity index (χ4n) is 3.85. The van der Waals surface area contributed by atoms with E-state index in [1.807, 2.05) is 19.1 Å². The average molecular weight is 320 g/mol. The topological polar surface area (TPSA) is 43.8 Å². The summed E-state index contributed by atoms with van der Waals surface area (Å²) < 4.78 is 14.1. The summed E-state index contributed by atoms with van der Waals surface area (Å²) in [6.07, 6.45) is 3.54. The van der Waals surface area contributed by atoms with Crippen molar-refractivity contribution in [3.8, 4) is 0 Å². The molecule has 2 heterocycles. The average Bonchev–Trinajstić information content (AvgIpc) is 2.55. The van der Waals surface area contributed by atoms with Gasteiger partial charge in [0.2, 0.25) is 0 Å². The Morgan fingerprint density at radius 3 is 2.35 bits per heavy atom. The van der Waals surface area contributed by atoms with Crippen molar-refractivity contribution < 1.29 is 14.3 Å². The van der Waals surface area contributed by atoms with Gasteiger partial charge in [0, 0.05) is 19.1 Å². The van der Waals surface area contributed by atoms with Gasteiger partial charge in [0.1, 0.15) is 5.82 Å². The largest absolute Gasteiger partial charge is 0.481 e. The van der Waals surface area contributed by atoms with Crippen LogP contribution >= 0.6 is 0 Å². The molecule has 0 radical (unpaired) electrons. The van der Waals surface area contributed by atoms with Crippen molar-refractivity contribution in [1.29, 1.82) is 0 Å². The molecule has 1 N–H and O–H groups in total. The van der Waals surface area contributed by atoms with E-state index in [2.05, 4.69) is 9.80 Å². The van der Waals surface area contributed by atoms with Gasteiger partial charge in [0.05, 0.1) is 11.6 Å². The summed E-state index contributed by atoms with van der Waals surface area (Å²) in [6.45, 7) is 5.38. The zero-order valence-corrected chi connectivity index (χ0v) is 13.7. The van der Waals surface area contributed by atoms with E-state index in [4.69, 9.17) is 5.11 Å². The number of carbonyl (C=O) groups is 1. The van der Waals surface area contributed by atoms with Crippen molar-refractivity contribution in [3.05, 3.63) is 29.6 Å². The lowest BCUT2D eigenvalue weighted by molar-refractivity contribution is -0.143. The maximum Gasteiger partial charge on any atom is 0.306 e. The zero-order valence-electron chi connectivity index (χ0n) is 13.7. The summed E-state index contributed by atoms with van der Waals surface area (Å²) in [7, 11) is 0. The molecule has 2 aliphatic heterocycles. The van der Waals surface area contributed by atoms with E-state index >= 15 is 0 Å². The number of halogens is 1. The highest BCUT2D eigenvalue weighted by molar-refractivity contribution is 5.70. The maximum atomic E-state index is 14.1. The molecule has 0 aromatic heterocycles. The molecule has 0 atom stereocenters. The summed E-state index contributed by atoms with van der Waals surface area (Å²) in [5.41, 5.74) is 1.65. The maximum absolute atomic E-state index is 14.1. The Kier molecular flexibility index (Phi) is 4.85. The lowest BCUT2D eigenvalue weighted by Crippen LogP contribution is -2.48. The SMILES string of the molecule is Cc1ccc(N2CCC(N3CCC(C(=O)O)CC3)CC2)c(F)c1. The lowest BCUT2D eigenvalue weighted by Gasteiger charge is -2.42. The lowest BCUT2D eigenvalue weighted by atomic mass is 9.93. The van der Waals surface area contributed by atoms with Gasteiger partial charge < -0.3 is 14.9 Å². The number of rotatable bonds is 3. The second-order valence-electron chi connectivity index (χ2n) is 6.82. The molecule has 0 saturated carbocycles. The van der Waals surface area contributed by atoms with Gasteiger partial charge in [-0.2, -0.15) is 0 Å². The first-order valence-electron chi connectivity index (χ1n) is 8.52. The predicted molar refractivity (Wildman–Crippen MR) is 88.3 cm³/mol.